The number of thiophene rings is 1. The SMILES string of the molecule is c1ccc2c(c1)[te]c1ccsc12. The molecule has 2 heterocycles. The fraction of sp³-hybridized carbons (Fsp3) is 0. The van der Waals surface area contributed by atoms with Crippen molar-refractivity contribution in [3.8, 4) is 0 Å². The fourth-order valence-electron chi connectivity index (χ4n) is 1.44. The minimum absolute atomic E-state index is 0.0280. The molecule has 0 radical (unpaired) electrons. The Kier molecular flexibility index (Phi) is 1.55. The monoisotopic (exact) mass is 288 g/mol. The van der Waals surface area contributed by atoms with Crippen LogP contribution < -0.4 is 0 Å². The normalized spacial score (nSPS) is 11.3. The number of rotatable bonds is 0. The van der Waals surface area contributed by atoms with Crippen LogP contribution in [0.2, 0.25) is 0 Å². The molecule has 0 saturated heterocycles. The third kappa shape index (κ3) is 0.894. The molecular weight excluding hydrogens is 280 g/mol. The second kappa shape index (κ2) is 2.60. The molecule has 58 valence electrons. The summed E-state index contributed by atoms with van der Waals surface area (Å²) >= 11 is 1.86. The van der Waals surface area contributed by atoms with Crippen molar-refractivity contribution in [2.24, 2.45) is 0 Å². The molecule has 0 nitrogen and oxygen atoms in total. The Morgan fingerprint density at radius 3 is 2.92 bits per heavy atom. The molecule has 0 unspecified atom stereocenters. The summed E-state index contributed by atoms with van der Waals surface area (Å²) in [6.45, 7) is 0. The summed E-state index contributed by atoms with van der Waals surface area (Å²) in [4.78, 5) is 0. The average molecular weight is 286 g/mol. The second-order valence-corrected chi connectivity index (χ2v) is 6.72. The van der Waals surface area contributed by atoms with Crippen molar-refractivity contribution < 1.29 is 0 Å². The average Bonchev–Trinajstić information content (AvgIpc) is 2.62. The van der Waals surface area contributed by atoms with Gasteiger partial charge in [0.05, 0.1) is 0 Å². The molecule has 0 bridgehead atoms. The van der Waals surface area contributed by atoms with Crippen molar-refractivity contribution in [2.75, 3.05) is 0 Å². The Morgan fingerprint density at radius 2 is 1.92 bits per heavy atom. The van der Waals surface area contributed by atoms with Gasteiger partial charge in [0, 0.05) is 0 Å². The molecule has 0 spiro atoms. The van der Waals surface area contributed by atoms with E-state index in [1.807, 2.05) is 11.3 Å². The summed E-state index contributed by atoms with van der Waals surface area (Å²) in [7, 11) is 0. The van der Waals surface area contributed by atoms with Crippen LogP contribution in [-0.4, -0.2) is 20.4 Å². The number of hydrogen-bond donors (Lipinski definition) is 0. The van der Waals surface area contributed by atoms with Crippen molar-refractivity contribution in [2.45, 2.75) is 0 Å². The van der Waals surface area contributed by atoms with Gasteiger partial charge in [-0.1, -0.05) is 0 Å². The summed E-state index contributed by atoms with van der Waals surface area (Å²) < 4.78 is 4.78. The van der Waals surface area contributed by atoms with Gasteiger partial charge in [-0.15, -0.1) is 0 Å². The number of hydrogen-bond acceptors (Lipinski definition) is 1. The van der Waals surface area contributed by atoms with Crippen molar-refractivity contribution in [1.29, 1.82) is 0 Å². The molecule has 3 rings (SSSR count). The van der Waals surface area contributed by atoms with Crippen LogP contribution in [-0.2, 0) is 0 Å². The Balaban J connectivity index is 2.68. The molecule has 1 aromatic carbocycles. The van der Waals surface area contributed by atoms with Gasteiger partial charge in [-0.2, -0.15) is 0 Å². The van der Waals surface area contributed by atoms with E-state index < -0.39 is 0 Å². The van der Waals surface area contributed by atoms with Crippen molar-refractivity contribution in [1.82, 2.24) is 0 Å². The predicted octanol–water partition coefficient (Wildman–Crippen LogP) is 3.11. The minimum atomic E-state index is -0.0280. The second-order valence-electron chi connectivity index (χ2n) is 2.71. The summed E-state index contributed by atoms with van der Waals surface area (Å²) in [6.07, 6.45) is 0. The van der Waals surface area contributed by atoms with Gasteiger partial charge < -0.3 is 0 Å². The molecule has 2 heteroatoms. The van der Waals surface area contributed by atoms with Crippen LogP contribution in [0.4, 0.5) is 0 Å². The maximum absolute atomic E-state index is 2.29. The van der Waals surface area contributed by atoms with Gasteiger partial charge in [-0.25, -0.2) is 0 Å². The Bertz CT molecular complexity index is 532. The first kappa shape index (κ1) is 7.15. The van der Waals surface area contributed by atoms with Crippen LogP contribution in [0.5, 0.6) is 0 Å². The van der Waals surface area contributed by atoms with Crippen LogP contribution >= 0.6 is 11.3 Å². The van der Waals surface area contributed by atoms with E-state index >= 15 is 0 Å². The molecule has 0 atom stereocenters. The quantitative estimate of drug-likeness (QED) is 0.557. The van der Waals surface area contributed by atoms with E-state index in [0.29, 0.717) is 0 Å². The summed E-state index contributed by atoms with van der Waals surface area (Å²) in [6, 6.07) is 11.1. The molecule has 0 aliphatic rings. The number of benzene rings is 1. The first-order valence-corrected chi connectivity index (χ1v) is 7.01. The molecule has 3 aromatic rings. The molecule has 2 aromatic heterocycles. The zero-order valence-electron chi connectivity index (χ0n) is 6.28. The van der Waals surface area contributed by atoms with Crippen LogP contribution in [0.25, 0.3) is 16.9 Å². The number of fused-ring (bicyclic) bond motifs is 3. The first-order valence-electron chi connectivity index (χ1n) is 3.80. The summed E-state index contributed by atoms with van der Waals surface area (Å²) in [5.41, 5.74) is 0. The maximum atomic E-state index is 2.29. The van der Waals surface area contributed by atoms with E-state index in [0.717, 1.165) is 0 Å². The summed E-state index contributed by atoms with van der Waals surface area (Å²) in [5, 5.41) is 3.72. The fourth-order valence-corrected chi connectivity index (χ4v) is 6.29. The third-order valence-electron chi connectivity index (χ3n) is 1.98. The van der Waals surface area contributed by atoms with E-state index in [-0.39, 0.29) is 20.4 Å². The Hall–Kier alpha value is -0.290. The van der Waals surface area contributed by atoms with Crippen LogP contribution in [0, 0.1) is 0 Å². The molecule has 0 aliphatic heterocycles. The standard InChI is InChI=1S/C10H6STe/c1-2-4-8-7(3-1)10-9(12-8)5-6-11-10/h1-6H. The zero-order valence-corrected chi connectivity index (χ0v) is 9.43. The van der Waals surface area contributed by atoms with Gasteiger partial charge in [0.2, 0.25) is 0 Å². The van der Waals surface area contributed by atoms with Crippen LogP contribution in [0.15, 0.2) is 35.7 Å². The molecule has 12 heavy (non-hydrogen) atoms. The predicted molar refractivity (Wildman–Crippen MR) is 56.3 cm³/mol. The zero-order chi connectivity index (χ0) is 7.97. The van der Waals surface area contributed by atoms with E-state index in [1.54, 1.807) is 6.80 Å². The summed E-state index contributed by atoms with van der Waals surface area (Å²) in [5.74, 6) is 0. The molecule has 0 amide bonds. The van der Waals surface area contributed by atoms with Crippen LogP contribution in [0.3, 0.4) is 0 Å². The topological polar surface area (TPSA) is 0 Å². The van der Waals surface area contributed by atoms with Gasteiger partial charge in [0.1, 0.15) is 0 Å². The van der Waals surface area contributed by atoms with E-state index in [1.165, 1.54) is 10.1 Å². The Labute approximate surface area is 84.1 Å². The van der Waals surface area contributed by atoms with Gasteiger partial charge in [-0.3, -0.25) is 0 Å². The van der Waals surface area contributed by atoms with Crippen molar-refractivity contribution in [3.05, 3.63) is 35.7 Å². The van der Waals surface area contributed by atoms with Gasteiger partial charge in [0.25, 0.3) is 0 Å². The Morgan fingerprint density at radius 1 is 1.00 bits per heavy atom. The van der Waals surface area contributed by atoms with E-state index in [9.17, 15) is 0 Å². The molecule has 0 fully saturated rings. The molecule has 0 aliphatic carbocycles. The van der Waals surface area contributed by atoms with Gasteiger partial charge in [-0.05, 0) is 0 Å². The third-order valence-corrected chi connectivity index (χ3v) is 6.57. The first-order chi connectivity index (χ1) is 5.95. The molecule has 0 saturated carbocycles. The molecule has 0 N–H and O–H groups in total. The van der Waals surface area contributed by atoms with Crippen LogP contribution in [0.1, 0.15) is 0 Å². The van der Waals surface area contributed by atoms with Gasteiger partial charge >= 0.3 is 84.4 Å². The van der Waals surface area contributed by atoms with Gasteiger partial charge in [0.15, 0.2) is 0 Å². The van der Waals surface area contributed by atoms with E-state index in [4.69, 9.17) is 0 Å². The van der Waals surface area contributed by atoms with Crippen molar-refractivity contribution >= 4 is 48.7 Å². The molecular formula is C10H6STe. The van der Waals surface area contributed by atoms with Crippen molar-refractivity contribution in [3.63, 3.8) is 0 Å². The van der Waals surface area contributed by atoms with E-state index in [2.05, 4.69) is 35.7 Å².